The minimum Gasteiger partial charge on any atom is -0.379 e. The maximum atomic E-state index is 14.0. The van der Waals surface area contributed by atoms with Gasteiger partial charge < -0.3 is 19.9 Å². The number of nitrogens with zero attached hydrogens (tertiary/aromatic N) is 2. The number of Topliss-reactive ketones (excluding diaryl/α,β-unsaturated/α-hetero) is 1. The first-order valence-corrected chi connectivity index (χ1v) is 15.0. The summed E-state index contributed by atoms with van der Waals surface area (Å²) < 4.78 is 5.51. The second kappa shape index (κ2) is 10.8. The molecule has 2 fully saturated rings. The highest BCUT2D eigenvalue weighted by Gasteiger charge is 2.37. The van der Waals surface area contributed by atoms with Crippen LogP contribution in [0.25, 0.3) is 0 Å². The molecular formula is C32H42N4O4. The van der Waals surface area contributed by atoms with Crippen molar-refractivity contribution in [3.8, 4) is 0 Å². The van der Waals surface area contributed by atoms with Crippen LogP contribution in [0.5, 0.6) is 0 Å². The highest BCUT2D eigenvalue weighted by Crippen LogP contribution is 2.38. The smallest absolute Gasteiger partial charge is 0.268 e. The number of anilines is 1. The first-order chi connectivity index (χ1) is 19.2. The number of H-pyrrole nitrogens is 1. The Morgan fingerprint density at radius 3 is 2.67 bits per heavy atom. The second-order valence-corrected chi connectivity index (χ2v) is 13.0. The lowest BCUT2D eigenvalue weighted by atomic mass is 9.75. The minimum absolute atomic E-state index is 0.0394. The van der Waals surface area contributed by atoms with Crippen LogP contribution in [0.3, 0.4) is 0 Å². The zero-order valence-electron chi connectivity index (χ0n) is 24.1. The number of ketones is 1. The Labute approximate surface area is 236 Å². The summed E-state index contributed by atoms with van der Waals surface area (Å²) in [4.78, 5) is 48.1. The lowest BCUT2D eigenvalue weighted by Gasteiger charge is -2.28. The normalized spacial score (nSPS) is 21.2. The van der Waals surface area contributed by atoms with Gasteiger partial charge >= 0.3 is 0 Å². The summed E-state index contributed by atoms with van der Waals surface area (Å²) in [7, 11) is 0. The molecule has 8 nitrogen and oxygen atoms in total. The van der Waals surface area contributed by atoms with Crippen molar-refractivity contribution >= 4 is 23.3 Å². The van der Waals surface area contributed by atoms with E-state index in [4.69, 9.17) is 4.74 Å². The van der Waals surface area contributed by atoms with Gasteiger partial charge in [0.2, 0.25) is 5.91 Å². The number of morpholine rings is 1. The summed E-state index contributed by atoms with van der Waals surface area (Å²) in [6.45, 7) is 10.9. The van der Waals surface area contributed by atoms with Crippen molar-refractivity contribution in [3.05, 3.63) is 51.8 Å². The number of ether oxygens (including phenoxy) is 1. The topological polar surface area (TPSA) is 94.7 Å². The first kappa shape index (κ1) is 27.2. The number of aromatic nitrogens is 1. The summed E-state index contributed by atoms with van der Waals surface area (Å²) in [6, 6.07) is 5.66. The Kier molecular flexibility index (Phi) is 7.34. The van der Waals surface area contributed by atoms with Crippen LogP contribution in [-0.2, 0) is 28.9 Å². The second-order valence-electron chi connectivity index (χ2n) is 13.0. The number of amides is 2. The molecule has 4 aliphatic rings. The molecule has 8 heteroatoms. The molecule has 2 aliphatic heterocycles. The summed E-state index contributed by atoms with van der Waals surface area (Å²) in [6.07, 6.45) is 5.99. The maximum Gasteiger partial charge on any atom is 0.268 e. The maximum absolute atomic E-state index is 14.0. The number of carbonyl (C=O) groups excluding carboxylic acids is 3. The Morgan fingerprint density at radius 2 is 1.93 bits per heavy atom. The molecule has 3 heterocycles. The van der Waals surface area contributed by atoms with Crippen molar-refractivity contribution in [2.45, 2.75) is 78.3 Å². The molecule has 214 valence electrons. The van der Waals surface area contributed by atoms with Crippen LogP contribution in [0.4, 0.5) is 5.69 Å². The van der Waals surface area contributed by atoms with Gasteiger partial charge in [0.15, 0.2) is 5.78 Å². The van der Waals surface area contributed by atoms with E-state index in [9.17, 15) is 14.4 Å². The van der Waals surface area contributed by atoms with Gasteiger partial charge in [-0.25, -0.2) is 0 Å². The highest BCUT2D eigenvalue weighted by molar-refractivity contribution is 6.06. The quantitative estimate of drug-likeness (QED) is 0.518. The first-order valence-electron chi connectivity index (χ1n) is 15.0. The van der Waals surface area contributed by atoms with Crippen LogP contribution in [0.2, 0.25) is 0 Å². The van der Waals surface area contributed by atoms with E-state index in [-0.39, 0.29) is 23.0 Å². The Hall–Kier alpha value is -2.97. The molecule has 6 rings (SSSR count). The number of hydrogen-bond acceptors (Lipinski definition) is 5. The number of benzene rings is 1. The SMILES string of the molecule is Cc1c(C(=O)NC(CCC2CC2)C(=O)N2CCc3c(CN4CCOCC4)cccc32)[nH]c2c1C(=O)CC(C)(C)C2. The fourth-order valence-electron chi connectivity index (χ4n) is 6.83. The van der Waals surface area contributed by atoms with Crippen LogP contribution >= 0.6 is 0 Å². The molecule has 2 aromatic rings. The predicted octanol–water partition coefficient (Wildman–Crippen LogP) is 4.19. The average molecular weight is 547 g/mol. The Bertz CT molecular complexity index is 1320. The van der Waals surface area contributed by atoms with Crippen LogP contribution in [0.15, 0.2) is 18.2 Å². The van der Waals surface area contributed by atoms with E-state index in [0.29, 0.717) is 42.1 Å². The molecule has 40 heavy (non-hydrogen) atoms. The third-order valence-corrected chi connectivity index (χ3v) is 9.18. The van der Waals surface area contributed by atoms with Gasteiger partial charge in [-0.3, -0.25) is 19.3 Å². The van der Waals surface area contributed by atoms with Crippen molar-refractivity contribution in [2.75, 3.05) is 37.7 Å². The number of rotatable bonds is 8. The van der Waals surface area contributed by atoms with Crippen LogP contribution in [0.1, 0.15) is 89.2 Å². The van der Waals surface area contributed by atoms with E-state index in [2.05, 4.69) is 35.1 Å². The summed E-state index contributed by atoms with van der Waals surface area (Å²) in [5.74, 6) is 0.397. The van der Waals surface area contributed by atoms with E-state index in [1.807, 2.05) is 24.0 Å². The number of hydrogen-bond donors (Lipinski definition) is 2. The summed E-state index contributed by atoms with van der Waals surface area (Å²) in [5, 5.41) is 3.09. The van der Waals surface area contributed by atoms with Crippen LogP contribution < -0.4 is 10.2 Å². The van der Waals surface area contributed by atoms with Gasteiger partial charge in [-0.15, -0.1) is 0 Å². The number of fused-ring (bicyclic) bond motifs is 2. The number of carbonyl (C=O) groups is 3. The van der Waals surface area contributed by atoms with Crippen LogP contribution in [0, 0.1) is 18.3 Å². The average Bonchev–Trinajstić information content (AvgIpc) is 3.54. The molecule has 0 radical (unpaired) electrons. The van der Waals surface area contributed by atoms with E-state index < -0.39 is 6.04 Å². The molecule has 1 atom stereocenters. The third kappa shape index (κ3) is 5.48. The minimum atomic E-state index is -0.603. The lowest BCUT2D eigenvalue weighted by molar-refractivity contribution is -0.120. The molecule has 1 saturated heterocycles. The molecule has 1 aromatic carbocycles. The molecule has 0 spiro atoms. The monoisotopic (exact) mass is 546 g/mol. The van der Waals surface area contributed by atoms with Gasteiger partial charge in [0.25, 0.3) is 5.91 Å². The van der Waals surface area contributed by atoms with Gasteiger partial charge in [-0.05, 0) is 66.7 Å². The number of nitrogens with one attached hydrogen (secondary N) is 2. The Morgan fingerprint density at radius 1 is 1.15 bits per heavy atom. The fourth-order valence-corrected chi connectivity index (χ4v) is 6.83. The lowest BCUT2D eigenvalue weighted by Crippen LogP contribution is -2.48. The van der Waals surface area contributed by atoms with E-state index in [1.165, 1.54) is 24.0 Å². The molecule has 2 N–H and O–H groups in total. The van der Waals surface area contributed by atoms with E-state index in [0.717, 1.165) is 63.5 Å². The fraction of sp³-hybridized carbons (Fsp3) is 0.594. The van der Waals surface area contributed by atoms with Crippen molar-refractivity contribution in [3.63, 3.8) is 0 Å². The van der Waals surface area contributed by atoms with E-state index >= 15 is 0 Å². The summed E-state index contributed by atoms with van der Waals surface area (Å²) >= 11 is 0. The largest absolute Gasteiger partial charge is 0.379 e. The van der Waals surface area contributed by atoms with Crippen molar-refractivity contribution < 1.29 is 19.1 Å². The van der Waals surface area contributed by atoms with Gasteiger partial charge in [-0.1, -0.05) is 38.8 Å². The Balaban J connectivity index is 1.21. The van der Waals surface area contributed by atoms with E-state index in [1.54, 1.807) is 0 Å². The predicted molar refractivity (Wildman–Crippen MR) is 154 cm³/mol. The molecular weight excluding hydrogens is 504 g/mol. The standard InChI is InChI=1S/C32H42N4O4/c1-20-28-25(17-32(2,3)18-27(28)37)33-29(20)30(38)34-24(10-9-21-7-8-21)31(39)36-12-11-23-22(5-4-6-26(23)36)19-35-13-15-40-16-14-35/h4-6,21,24,33H,7-19H2,1-3H3,(H,34,38). The molecule has 1 aromatic heterocycles. The third-order valence-electron chi connectivity index (χ3n) is 9.18. The van der Waals surface area contributed by atoms with Crippen molar-refractivity contribution in [1.29, 1.82) is 0 Å². The van der Waals surface area contributed by atoms with Gasteiger partial charge in [0.1, 0.15) is 11.7 Å². The molecule has 2 aliphatic carbocycles. The van der Waals surface area contributed by atoms with Crippen LogP contribution in [-0.4, -0.2) is 66.4 Å². The molecule has 2 amide bonds. The van der Waals surface area contributed by atoms with Crippen molar-refractivity contribution in [2.24, 2.45) is 11.3 Å². The van der Waals surface area contributed by atoms with Gasteiger partial charge in [0.05, 0.1) is 13.2 Å². The van der Waals surface area contributed by atoms with Crippen molar-refractivity contribution in [1.82, 2.24) is 15.2 Å². The van der Waals surface area contributed by atoms with Gasteiger partial charge in [-0.2, -0.15) is 0 Å². The van der Waals surface area contributed by atoms with Gasteiger partial charge in [0, 0.05) is 49.5 Å². The zero-order valence-corrected chi connectivity index (χ0v) is 24.1. The summed E-state index contributed by atoms with van der Waals surface area (Å²) in [5.41, 5.74) is 5.95. The molecule has 1 unspecified atom stereocenters. The molecule has 0 bridgehead atoms. The highest BCUT2D eigenvalue weighted by atomic mass is 16.5. The number of aromatic amines is 1. The zero-order chi connectivity index (χ0) is 28.0. The molecule has 1 saturated carbocycles.